The van der Waals surface area contributed by atoms with Crippen molar-refractivity contribution in [3.05, 3.63) is 60.7 Å². The molecule has 1 aromatic carbocycles. The van der Waals surface area contributed by atoms with Crippen LogP contribution < -0.4 is 5.73 Å². The monoisotopic (exact) mass is 335 g/mol. The summed E-state index contributed by atoms with van der Waals surface area (Å²) in [6, 6.07) is 7.37. The zero-order valence-electron chi connectivity index (χ0n) is 13.1. The lowest BCUT2D eigenvalue weighted by atomic mass is 10.0. The zero-order valence-corrected chi connectivity index (χ0v) is 13.1. The third-order valence-electron chi connectivity index (χ3n) is 3.65. The van der Waals surface area contributed by atoms with E-state index < -0.39 is 5.82 Å². The number of aromatic hydroxyl groups is 1. The summed E-state index contributed by atoms with van der Waals surface area (Å²) < 4.78 is 15.8. The van der Waals surface area contributed by atoms with E-state index in [0.29, 0.717) is 17.7 Å². The van der Waals surface area contributed by atoms with Gasteiger partial charge in [-0.1, -0.05) is 6.08 Å². The lowest BCUT2D eigenvalue weighted by molar-refractivity contribution is 0.469. The topological polar surface area (TPSA) is 101 Å². The molecule has 7 heteroatoms. The number of allylic oxidation sites excluding steroid dienone is 1. The molecular formula is C18H14FN5O. The van der Waals surface area contributed by atoms with E-state index in [9.17, 15) is 14.8 Å². The largest absolute Gasteiger partial charge is 0.508 e. The fourth-order valence-corrected chi connectivity index (χ4v) is 2.49. The number of aromatic nitrogens is 3. The Labute approximate surface area is 143 Å². The molecule has 0 bridgehead atoms. The number of nitrogens with two attached hydrogens (primary N) is 1. The van der Waals surface area contributed by atoms with Crippen molar-refractivity contribution in [3.8, 4) is 34.2 Å². The molecule has 0 saturated carbocycles. The van der Waals surface area contributed by atoms with Crippen molar-refractivity contribution < 1.29 is 9.50 Å². The highest BCUT2D eigenvalue weighted by Gasteiger charge is 2.16. The van der Waals surface area contributed by atoms with Crippen molar-refractivity contribution in [3.63, 3.8) is 0 Å². The van der Waals surface area contributed by atoms with E-state index >= 15 is 0 Å². The highest BCUT2D eigenvalue weighted by molar-refractivity contribution is 5.79. The van der Waals surface area contributed by atoms with E-state index in [0.717, 1.165) is 6.07 Å². The van der Waals surface area contributed by atoms with Crippen LogP contribution in [0.15, 0.2) is 49.3 Å². The third-order valence-corrected chi connectivity index (χ3v) is 3.65. The van der Waals surface area contributed by atoms with Gasteiger partial charge in [0.2, 0.25) is 0 Å². The number of nitrogen functional groups attached to an aromatic ring is 1. The van der Waals surface area contributed by atoms with Crippen LogP contribution in [-0.4, -0.2) is 19.9 Å². The Hall–Kier alpha value is -3.66. The molecule has 3 aromatic rings. The number of benzene rings is 1. The molecule has 0 fully saturated rings. The third kappa shape index (κ3) is 3.05. The van der Waals surface area contributed by atoms with Gasteiger partial charge in [-0.15, -0.1) is 6.58 Å². The van der Waals surface area contributed by atoms with Gasteiger partial charge in [0.05, 0.1) is 18.4 Å². The SMILES string of the molecule is C=CCn1cc(-c2cc(-c3ccc(O)cc3F)nc(N)c2C#N)cn1. The molecule has 2 aromatic heterocycles. The van der Waals surface area contributed by atoms with Gasteiger partial charge in [-0.3, -0.25) is 4.68 Å². The van der Waals surface area contributed by atoms with Crippen LogP contribution >= 0.6 is 0 Å². The van der Waals surface area contributed by atoms with Crippen molar-refractivity contribution in [1.29, 1.82) is 5.26 Å². The lowest BCUT2D eigenvalue weighted by Crippen LogP contribution is -2.00. The number of phenols is 1. The average Bonchev–Trinajstić information content (AvgIpc) is 3.03. The van der Waals surface area contributed by atoms with E-state index in [1.165, 1.54) is 12.1 Å². The summed E-state index contributed by atoms with van der Waals surface area (Å²) >= 11 is 0. The molecule has 0 saturated heterocycles. The molecule has 6 nitrogen and oxygen atoms in total. The molecule has 124 valence electrons. The number of hydrogen-bond donors (Lipinski definition) is 2. The number of hydrogen-bond acceptors (Lipinski definition) is 5. The fraction of sp³-hybridized carbons (Fsp3) is 0.0556. The van der Waals surface area contributed by atoms with Crippen molar-refractivity contribution in [2.45, 2.75) is 6.54 Å². The van der Waals surface area contributed by atoms with Gasteiger partial charge in [0.1, 0.15) is 29.0 Å². The summed E-state index contributed by atoms with van der Waals surface area (Å²) in [5.74, 6) is -0.822. The van der Waals surface area contributed by atoms with Gasteiger partial charge in [0.25, 0.3) is 0 Å². The smallest absolute Gasteiger partial charge is 0.142 e. The van der Waals surface area contributed by atoms with Crippen LogP contribution in [0.4, 0.5) is 10.2 Å². The first-order chi connectivity index (χ1) is 12.0. The molecule has 2 heterocycles. The lowest BCUT2D eigenvalue weighted by Gasteiger charge is -2.09. The molecule has 0 amide bonds. The maximum absolute atomic E-state index is 14.2. The minimum atomic E-state index is -0.634. The van der Waals surface area contributed by atoms with Crippen molar-refractivity contribution in [2.75, 3.05) is 5.73 Å². The predicted octanol–water partition coefficient (Wildman–Crippen LogP) is 3.10. The summed E-state index contributed by atoms with van der Waals surface area (Å²) in [5.41, 5.74) is 7.71. The Balaban J connectivity index is 2.18. The molecule has 0 radical (unpaired) electrons. The quantitative estimate of drug-likeness (QED) is 0.714. The van der Waals surface area contributed by atoms with Gasteiger partial charge >= 0.3 is 0 Å². The average molecular weight is 335 g/mol. The normalized spacial score (nSPS) is 10.4. The minimum Gasteiger partial charge on any atom is -0.508 e. The summed E-state index contributed by atoms with van der Waals surface area (Å²) in [4.78, 5) is 4.12. The maximum atomic E-state index is 14.2. The van der Waals surface area contributed by atoms with Crippen LogP contribution in [-0.2, 0) is 6.54 Å². The summed E-state index contributed by atoms with van der Waals surface area (Å²) in [6.45, 7) is 4.17. The highest BCUT2D eigenvalue weighted by Crippen LogP contribution is 2.32. The Morgan fingerprint density at radius 3 is 2.84 bits per heavy atom. The first-order valence-corrected chi connectivity index (χ1v) is 7.36. The van der Waals surface area contributed by atoms with Crippen molar-refractivity contribution in [2.24, 2.45) is 0 Å². The van der Waals surface area contributed by atoms with Gasteiger partial charge < -0.3 is 10.8 Å². The van der Waals surface area contributed by atoms with Crippen LogP contribution in [0, 0.1) is 17.1 Å². The number of pyridine rings is 1. The molecule has 0 aliphatic carbocycles. The number of halogens is 1. The number of rotatable bonds is 4. The Kier molecular flexibility index (Phi) is 4.18. The van der Waals surface area contributed by atoms with E-state index in [1.54, 1.807) is 29.2 Å². The van der Waals surface area contributed by atoms with E-state index in [1.807, 2.05) is 6.07 Å². The number of anilines is 1. The summed E-state index contributed by atoms with van der Waals surface area (Å²) in [5, 5.41) is 22.9. The van der Waals surface area contributed by atoms with Crippen molar-refractivity contribution >= 4 is 5.82 Å². The van der Waals surface area contributed by atoms with Crippen molar-refractivity contribution in [1.82, 2.24) is 14.8 Å². The first kappa shape index (κ1) is 16.2. The predicted molar refractivity (Wildman–Crippen MR) is 91.8 cm³/mol. The molecule has 3 N–H and O–H groups in total. The molecule has 0 spiro atoms. The second-order valence-electron chi connectivity index (χ2n) is 5.33. The second kappa shape index (κ2) is 6.45. The molecule has 0 aliphatic rings. The van der Waals surface area contributed by atoms with Gasteiger partial charge in [-0.2, -0.15) is 10.4 Å². The van der Waals surface area contributed by atoms with Crippen LogP contribution in [0.25, 0.3) is 22.4 Å². The Bertz CT molecular complexity index is 1000. The van der Waals surface area contributed by atoms with Crippen LogP contribution in [0.2, 0.25) is 0 Å². The second-order valence-corrected chi connectivity index (χ2v) is 5.33. The summed E-state index contributed by atoms with van der Waals surface area (Å²) in [7, 11) is 0. The van der Waals surface area contributed by atoms with Gasteiger partial charge in [-0.25, -0.2) is 9.37 Å². The molecule has 25 heavy (non-hydrogen) atoms. The Morgan fingerprint density at radius 1 is 1.36 bits per heavy atom. The number of nitriles is 1. The Morgan fingerprint density at radius 2 is 2.16 bits per heavy atom. The number of phenolic OH excluding ortho intramolecular Hbond substituents is 1. The highest BCUT2D eigenvalue weighted by atomic mass is 19.1. The van der Waals surface area contributed by atoms with Gasteiger partial charge in [0.15, 0.2) is 0 Å². The molecule has 3 rings (SSSR count). The molecule has 0 unspecified atom stereocenters. The van der Waals surface area contributed by atoms with Crippen LogP contribution in [0.3, 0.4) is 0 Å². The maximum Gasteiger partial charge on any atom is 0.142 e. The van der Waals surface area contributed by atoms with Crippen LogP contribution in [0.1, 0.15) is 5.56 Å². The zero-order chi connectivity index (χ0) is 18.0. The van der Waals surface area contributed by atoms with Gasteiger partial charge in [0, 0.05) is 29.0 Å². The minimum absolute atomic E-state index is 0.000976. The first-order valence-electron chi connectivity index (χ1n) is 7.36. The molecular weight excluding hydrogens is 321 g/mol. The van der Waals surface area contributed by atoms with E-state index in [2.05, 4.69) is 16.7 Å². The number of nitrogens with zero attached hydrogens (tertiary/aromatic N) is 4. The molecule has 0 atom stereocenters. The van der Waals surface area contributed by atoms with Crippen LogP contribution in [0.5, 0.6) is 5.75 Å². The van der Waals surface area contributed by atoms with E-state index in [-0.39, 0.29) is 28.4 Å². The standard InChI is InChI=1S/C18H14FN5O/c1-2-5-24-10-11(9-22-24)14-7-17(23-18(21)15(14)8-20)13-4-3-12(25)6-16(13)19/h2-4,6-7,9-10,25H,1,5H2,(H2,21,23). The molecule has 0 aliphatic heterocycles. The van der Waals surface area contributed by atoms with E-state index in [4.69, 9.17) is 5.73 Å². The van der Waals surface area contributed by atoms with Gasteiger partial charge in [-0.05, 0) is 18.2 Å². The fourth-order valence-electron chi connectivity index (χ4n) is 2.49. The summed E-state index contributed by atoms with van der Waals surface area (Å²) in [6.07, 6.45) is 5.03.